The van der Waals surface area contributed by atoms with Crippen LogP contribution in [0.2, 0.25) is 0 Å². The monoisotopic (exact) mass is 430 g/mol. The molecule has 1 fully saturated rings. The Kier molecular flexibility index (Phi) is 8.42. The van der Waals surface area contributed by atoms with E-state index in [9.17, 15) is 9.59 Å². The minimum absolute atomic E-state index is 0.0148. The summed E-state index contributed by atoms with van der Waals surface area (Å²) in [6.07, 6.45) is 2.40. The number of quaternary nitrogens is 1. The number of nitrogens with zero attached hydrogens (tertiary/aromatic N) is 1. The van der Waals surface area contributed by atoms with Gasteiger partial charge in [-0.05, 0) is 62.4 Å². The van der Waals surface area contributed by atoms with Crippen molar-refractivity contribution < 1.29 is 19.2 Å². The van der Waals surface area contributed by atoms with E-state index in [0.29, 0.717) is 30.9 Å². The quantitative estimate of drug-likeness (QED) is 0.609. The van der Waals surface area contributed by atoms with E-state index in [1.807, 2.05) is 19.9 Å². The molecule has 1 unspecified atom stereocenters. The molecule has 6 nitrogen and oxygen atoms in total. The van der Waals surface area contributed by atoms with Crippen LogP contribution >= 0.6 is 11.3 Å². The van der Waals surface area contributed by atoms with Crippen LogP contribution in [0.1, 0.15) is 41.9 Å². The van der Waals surface area contributed by atoms with Crippen LogP contribution in [0.5, 0.6) is 0 Å². The van der Waals surface area contributed by atoms with Gasteiger partial charge in [-0.1, -0.05) is 6.07 Å². The van der Waals surface area contributed by atoms with Crippen molar-refractivity contribution in [3.8, 4) is 0 Å². The van der Waals surface area contributed by atoms with Gasteiger partial charge in [-0.15, -0.1) is 11.3 Å². The summed E-state index contributed by atoms with van der Waals surface area (Å²) < 4.78 is 5.79. The van der Waals surface area contributed by atoms with Crippen molar-refractivity contribution in [3.05, 3.63) is 52.2 Å². The third-order valence-electron chi connectivity index (χ3n) is 5.42. The predicted molar refractivity (Wildman–Crippen MR) is 120 cm³/mol. The highest BCUT2D eigenvalue weighted by molar-refractivity contribution is 7.09. The third-order valence-corrected chi connectivity index (χ3v) is 6.30. The van der Waals surface area contributed by atoms with Gasteiger partial charge < -0.3 is 19.9 Å². The lowest BCUT2D eigenvalue weighted by Gasteiger charge is -2.21. The lowest BCUT2D eigenvalue weighted by molar-refractivity contribution is -0.908. The van der Waals surface area contributed by atoms with Crippen LogP contribution in [0, 0.1) is 0 Å². The first kappa shape index (κ1) is 22.5. The summed E-state index contributed by atoms with van der Waals surface area (Å²) in [6.45, 7) is 8.17. The Bertz CT molecular complexity index is 798. The Morgan fingerprint density at radius 3 is 2.57 bits per heavy atom. The number of amides is 2. The highest BCUT2D eigenvalue weighted by Gasteiger charge is 2.24. The molecule has 30 heavy (non-hydrogen) atoms. The maximum absolute atomic E-state index is 12.7. The maximum atomic E-state index is 12.7. The van der Waals surface area contributed by atoms with E-state index in [4.69, 9.17) is 4.74 Å². The number of nitrogens with one attached hydrogen (secondary N) is 2. The second kappa shape index (κ2) is 11.2. The Morgan fingerprint density at radius 1 is 1.20 bits per heavy atom. The third kappa shape index (κ3) is 6.39. The van der Waals surface area contributed by atoms with Gasteiger partial charge in [0.05, 0.1) is 4.88 Å². The molecule has 0 bridgehead atoms. The van der Waals surface area contributed by atoms with Crippen molar-refractivity contribution in [2.45, 2.75) is 39.3 Å². The normalized spacial score (nSPS) is 16.9. The topological polar surface area (TPSA) is 63.1 Å². The lowest BCUT2D eigenvalue weighted by Crippen LogP contribution is -3.12. The Morgan fingerprint density at radius 2 is 1.97 bits per heavy atom. The molecule has 0 aliphatic carbocycles. The fourth-order valence-corrected chi connectivity index (χ4v) is 4.59. The molecular weight excluding hydrogens is 398 g/mol. The lowest BCUT2D eigenvalue weighted by atomic mass is 10.1. The van der Waals surface area contributed by atoms with Gasteiger partial charge in [0.1, 0.15) is 19.2 Å². The number of carbonyl (C=O) groups is 2. The number of anilines is 1. The van der Waals surface area contributed by atoms with Crippen LogP contribution in [-0.2, 0) is 16.1 Å². The molecule has 1 aliphatic heterocycles. The van der Waals surface area contributed by atoms with Gasteiger partial charge in [0.25, 0.3) is 11.8 Å². The zero-order chi connectivity index (χ0) is 21.3. The van der Waals surface area contributed by atoms with Crippen LogP contribution < -0.4 is 10.2 Å². The molecule has 1 aromatic heterocycles. The SMILES string of the molecule is CCN(CC)C(=O)c1ccc(NC(=O)C[NH+](Cc2cccs2)C[C@H]2CCCO2)cc1. The van der Waals surface area contributed by atoms with Gasteiger partial charge in [-0.3, -0.25) is 9.59 Å². The molecular formula is C23H32N3O3S+. The van der Waals surface area contributed by atoms with Gasteiger partial charge in [-0.2, -0.15) is 0 Å². The summed E-state index contributed by atoms with van der Waals surface area (Å²) >= 11 is 1.72. The van der Waals surface area contributed by atoms with Gasteiger partial charge in [0, 0.05) is 30.9 Å². The van der Waals surface area contributed by atoms with Crippen molar-refractivity contribution in [2.75, 3.05) is 38.1 Å². The fourth-order valence-electron chi connectivity index (χ4n) is 3.82. The van der Waals surface area contributed by atoms with E-state index in [1.54, 1.807) is 40.5 Å². The smallest absolute Gasteiger partial charge is 0.279 e. The average molecular weight is 431 g/mol. The molecule has 0 spiro atoms. The van der Waals surface area contributed by atoms with E-state index in [2.05, 4.69) is 16.8 Å². The minimum atomic E-state index is -0.0256. The van der Waals surface area contributed by atoms with Gasteiger partial charge in [0.15, 0.2) is 6.54 Å². The summed E-state index contributed by atoms with van der Waals surface area (Å²) in [5, 5.41) is 5.05. The number of rotatable bonds is 10. The highest BCUT2D eigenvalue weighted by Crippen LogP contribution is 2.13. The zero-order valence-electron chi connectivity index (χ0n) is 17.9. The Balaban J connectivity index is 1.58. The highest BCUT2D eigenvalue weighted by atomic mass is 32.1. The van der Waals surface area contributed by atoms with Crippen molar-refractivity contribution in [1.29, 1.82) is 0 Å². The standard InChI is InChI=1S/C23H31N3O3S/c1-3-26(4-2)23(28)18-9-11-19(12-10-18)24-22(27)17-25(15-20-7-5-13-29-20)16-21-8-6-14-30-21/h6,8-12,14,20H,3-5,7,13,15-17H2,1-2H3,(H,24,27)/p+1/t20-/m1/s1. The van der Waals surface area contributed by atoms with Gasteiger partial charge >= 0.3 is 0 Å². The van der Waals surface area contributed by atoms with Gasteiger partial charge in [0.2, 0.25) is 0 Å². The number of thiophene rings is 1. The second-order valence-electron chi connectivity index (χ2n) is 7.63. The van der Waals surface area contributed by atoms with E-state index >= 15 is 0 Å². The van der Waals surface area contributed by atoms with Gasteiger partial charge in [-0.25, -0.2) is 0 Å². The van der Waals surface area contributed by atoms with Crippen LogP contribution in [0.3, 0.4) is 0 Å². The molecule has 1 saturated heterocycles. The molecule has 2 N–H and O–H groups in total. The first-order valence-corrected chi connectivity index (χ1v) is 11.6. The number of hydrogen-bond donors (Lipinski definition) is 2. The molecule has 0 saturated carbocycles. The number of carbonyl (C=O) groups excluding carboxylic acids is 2. The van der Waals surface area contributed by atoms with E-state index in [-0.39, 0.29) is 17.9 Å². The van der Waals surface area contributed by atoms with Crippen LogP contribution in [0.4, 0.5) is 5.69 Å². The predicted octanol–water partition coefficient (Wildman–Crippen LogP) is 2.43. The molecule has 2 atom stereocenters. The Labute approximate surface area is 182 Å². The molecule has 1 aliphatic rings. The second-order valence-corrected chi connectivity index (χ2v) is 8.66. The molecule has 7 heteroatoms. The fraction of sp³-hybridized carbons (Fsp3) is 0.478. The summed E-state index contributed by atoms with van der Waals surface area (Å²) in [6, 6.07) is 11.3. The minimum Gasteiger partial charge on any atom is -0.372 e. The largest absolute Gasteiger partial charge is 0.372 e. The van der Waals surface area contributed by atoms with E-state index < -0.39 is 0 Å². The Hall–Kier alpha value is -2.22. The molecule has 1 aromatic carbocycles. The molecule has 2 amide bonds. The van der Waals surface area contributed by atoms with Crippen molar-refractivity contribution >= 4 is 28.8 Å². The molecule has 0 radical (unpaired) electrons. The number of benzene rings is 1. The van der Waals surface area contributed by atoms with Crippen LogP contribution in [0.25, 0.3) is 0 Å². The first-order valence-electron chi connectivity index (χ1n) is 10.8. The maximum Gasteiger partial charge on any atom is 0.279 e. The van der Waals surface area contributed by atoms with Crippen molar-refractivity contribution in [2.24, 2.45) is 0 Å². The van der Waals surface area contributed by atoms with E-state index in [0.717, 1.165) is 32.5 Å². The number of ether oxygens (including phenoxy) is 1. The molecule has 162 valence electrons. The van der Waals surface area contributed by atoms with Crippen molar-refractivity contribution in [3.63, 3.8) is 0 Å². The van der Waals surface area contributed by atoms with Crippen LogP contribution in [-0.4, -0.2) is 55.6 Å². The summed E-state index contributed by atoms with van der Waals surface area (Å²) in [5.74, 6) is -0.0108. The van der Waals surface area contributed by atoms with Crippen LogP contribution in [0.15, 0.2) is 41.8 Å². The zero-order valence-corrected chi connectivity index (χ0v) is 18.7. The summed E-state index contributed by atoms with van der Waals surface area (Å²) in [4.78, 5) is 29.4. The molecule has 2 aromatic rings. The average Bonchev–Trinajstić information content (AvgIpc) is 3.43. The number of hydrogen-bond acceptors (Lipinski definition) is 4. The summed E-state index contributed by atoms with van der Waals surface area (Å²) in [7, 11) is 0. The molecule has 2 heterocycles. The van der Waals surface area contributed by atoms with Crippen molar-refractivity contribution in [1.82, 2.24) is 4.90 Å². The first-order chi connectivity index (χ1) is 14.6. The molecule has 3 rings (SSSR count). The van der Waals surface area contributed by atoms with E-state index in [1.165, 1.54) is 9.78 Å². The summed E-state index contributed by atoms with van der Waals surface area (Å²) in [5.41, 5.74) is 1.35.